The summed E-state index contributed by atoms with van der Waals surface area (Å²) in [5.74, 6) is -2.26. The van der Waals surface area contributed by atoms with E-state index in [4.69, 9.17) is 10.8 Å². The van der Waals surface area contributed by atoms with Gasteiger partial charge in [0.25, 0.3) is 0 Å². The van der Waals surface area contributed by atoms with Gasteiger partial charge in [-0.2, -0.15) is 0 Å². The van der Waals surface area contributed by atoms with Crippen LogP contribution >= 0.6 is 0 Å². The predicted octanol–water partition coefficient (Wildman–Crippen LogP) is 0.356. The van der Waals surface area contributed by atoms with Crippen molar-refractivity contribution in [2.45, 2.75) is 47.5 Å². The molecule has 1 fully saturated rings. The van der Waals surface area contributed by atoms with Gasteiger partial charge in [0.2, 0.25) is 5.91 Å². The Bertz CT molecular complexity index is 536. The molecule has 1 rings (SSSR count). The molecule has 0 aromatic rings. The first-order chi connectivity index (χ1) is 14.5. The van der Waals surface area contributed by atoms with Gasteiger partial charge in [0.05, 0.1) is 24.7 Å². The predicted molar refractivity (Wildman–Crippen MR) is 119 cm³/mol. The molecule has 0 spiro atoms. The highest BCUT2D eigenvalue weighted by molar-refractivity contribution is 5.94. The standard InChI is InChI=1S/C10H20N2O3.C7H10O3.C4H12N2/c1-7(2)8(6-9(13)14)10(15)12-5-4-11-3;1-4(2)5-3-6(8)10-7(5)9;1-2-6-4-3-5/h7-8,11H,4-6H2,1-3H3,(H,12,15)(H,13,14);4-5H,3H2,1-2H3;6H,2-5H2,1H3. The molecule has 10 nitrogen and oxygen atoms in total. The minimum atomic E-state index is -0.933. The first-order valence-electron chi connectivity index (χ1n) is 10.8. The molecule has 2 atom stereocenters. The van der Waals surface area contributed by atoms with Crippen LogP contribution in [0.3, 0.4) is 0 Å². The minimum Gasteiger partial charge on any atom is -0.481 e. The van der Waals surface area contributed by atoms with Crippen molar-refractivity contribution >= 4 is 23.8 Å². The number of nitrogens with one attached hydrogen (secondary N) is 3. The van der Waals surface area contributed by atoms with E-state index in [-0.39, 0.29) is 48.4 Å². The van der Waals surface area contributed by atoms with Crippen molar-refractivity contribution in [2.75, 3.05) is 39.8 Å². The van der Waals surface area contributed by atoms with Crippen LogP contribution in [0.1, 0.15) is 47.5 Å². The summed E-state index contributed by atoms with van der Waals surface area (Å²) in [7, 11) is 1.79. The molecule has 0 aromatic heterocycles. The highest BCUT2D eigenvalue weighted by Gasteiger charge is 2.35. The lowest BCUT2D eigenvalue weighted by atomic mass is 9.92. The molecule has 1 heterocycles. The van der Waals surface area contributed by atoms with E-state index < -0.39 is 11.9 Å². The molecule has 1 amide bonds. The van der Waals surface area contributed by atoms with Gasteiger partial charge in [-0.05, 0) is 25.4 Å². The summed E-state index contributed by atoms with van der Waals surface area (Å²) in [6.45, 7) is 13.5. The van der Waals surface area contributed by atoms with E-state index >= 15 is 0 Å². The average Bonchev–Trinajstić information content (AvgIpc) is 3.03. The van der Waals surface area contributed by atoms with Gasteiger partial charge in [-0.15, -0.1) is 0 Å². The Morgan fingerprint density at radius 1 is 1.16 bits per heavy atom. The molecule has 0 radical (unpaired) electrons. The Balaban J connectivity index is 0. The number of cyclic esters (lactones) is 2. The number of rotatable bonds is 11. The molecule has 6 N–H and O–H groups in total. The lowest BCUT2D eigenvalue weighted by Gasteiger charge is -2.18. The summed E-state index contributed by atoms with van der Waals surface area (Å²) in [6.07, 6.45) is 0.152. The number of likely N-dealkylation sites (N-methyl/N-ethyl adjacent to an activating group) is 2. The van der Waals surface area contributed by atoms with Crippen LogP contribution in [0.15, 0.2) is 0 Å². The van der Waals surface area contributed by atoms with Crippen molar-refractivity contribution in [3.63, 3.8) is 0 Å². The van der Waals surface area contributed by atoms with Gasteiger partial charge in [0.15, 0.2) is 0 Å². The minimum absolute atomic E-state index is 0.0377. The summed E-state index contributed by atoms with van der Waals surface area (Å²) in [5.41, 5.74) is 5.15. The van der Waals surface area contributed by atoms with Crippen LogP contribution in [-0.2, 0) is 23.9 Å². The molecule has 10 heteroatoms. The first-order valence-corrected chi connectivity index (χ1v) is 10.8. The average molecular weight is 447 g/mol. The van der Waals surface area contributed by atoms with Gasteiger partial charge in [-0.3, -0.25) is 19.2 Å². The van der Waals surface area contributed by atoms with E-state index in [2.05, 4.69) is 27.6 Å². The third-order valence-electron chi connectivity index (χ3n) is 4.49. The Morgan fingerprint density at radius 2 is 1.77 bits per heavy atom. The second-order valence-electron chi connectivity index (χ2n) is 7.83. The highest BCUT2D eigenvalue weighted by atomic mass is 16.6. The summed E-state index contributed by atoms with van der Waals surface area (Å²) in [6, 6.07) is 0. The maximum absolute atomic E-state index is 11.6. The van der Waals surface area contributed by atoms with Crippen LogP contribution in [0.2, 0.25) is 0 Å². The Labute approximate surface area is 186 Å². The van der Waals surface area contributed by atoms with Crippen LogP contribution in [0.4, 0.5) is 0 Å². The van der Waals surface area contributed by atoms with E-state index in [0.717, 1.165) is 19.6 Å². The monoisotopic (exact) mass is 446 g/mol. The van der Waals surface area contributed by atoms with Crippen molar-refractivity contribution < 1.29 is 29.0 Å². The second-order valence-corrected chi connectivity index (χ2v) is 7.83. The van der Waals surface area contributed by atoms with Gasteiger partial charge in [-0.1, -0.05) is 34.6 Å². The molecule has 1 aliphatic rings. The molecule has 0 aliphatic carbocycles. The van der Waals surface area contributed by atoms with Gasteiger partial charge in [-0.25, -0.2) is 0 Å². The first kappa shape index (κ1) is 31.1. The van der Waals surface area contributed by atoms with E-state index in [9.17, 15) is 19.2 Å². The zero-order valence-electron chi connectivity index (χ0n) is 19.8. The summed E-state index contributed by atoms with van der Waals surface area (Å²) >= 11 is 0. The molecular formula is C21H42N4O6. The summed E-state index contributed by atoms with van der Waals surface area (Å²) < 4.78 is 4.36. The number of hydrogen-bond acceptors (Lipinski definition) is 8. The molecule has 0 saturated carbocycles. The third kappa shape index (κ3) is 16.3. The van der Waals surface area contributed by atoms with Crippen molar-refractivity contribution in [2.24, 2.45) is 29.4 Å². The highest BCUT2D eigenvalue weighted by Crippen LogP contribution is 2.23. The number of amides is 1. The maximum Gasteiger partial charge on any atom is 0.317 e. The maximum atomic E-state index is 11.6. The number of carboxylic acids is 1. The lowest BCUT2D eigenvalue weighted by molar-refractivity contribution is -0.153. The lowest BCUT2D eigenvalue weighted by Crippen LogP contribution is -2.38. The number of nitrogens with two attached hydrogens (primary N) is 1. The van der Waals surface area contributed by atoms with E-state index in [0.29, 0.717) is 13.1 Å². The van der Waals surface area contributed by atoms with Crippen LogP contribution < -0.4 is 21.7 Å². The van der Waals surface area contributed by atoms with Gasteiger partial charge in [0.1, 0.15) is 0 Å². The van der Waals surface area contributed by atoms with Crippen molar-refractivity contribution in [3.8, 4) is 0 Å². The SMILES string of the molecule is CC(C)C1CC(=O)OC1=O.CCNCCN.CNCCNC(=O)C(CC(=O)O)C(C)C. The van der Waals surface area contributed by atoms with Gasteiger partial charge in [0, 0.05) is 26.2 Å². The molecule has 1 aliphatic heterocycles. The molecule has 182 valence electrons. The Kier molecular flexibility index (Phi) is 18.8. The van der Waals surface area contributed by atoms with Crippen molar-refractivity contribution in [1.29, 1.82) is 0 Å². The van der Waals surface area contributed by atoms with Crippen molar-refractivity contribution in [3.05, 3.63) is 0 Å². The van der Waals surface area contributed by atoms with Crippen molar-refractivity contribution in [1.82, 2.24) is 16.0 Å². The quantitative estimate of drug-likeness (QED) is 0.171. The van der Waals surface area contributed by atoms with Gasteiger partial charge < -0.3 is 31.5 Å². The zero-order chi connectivity index (χ0) is 24.4. The Hall–Kier alpha value is -2.04. The van der Waals surface area contributed by atoms with E-state index in [1.807, 2.05) is 27.7 Å². The normalized spacial score (nSPS) is 16.1. The fourth-order valence-corrected chi connectivity index (χ4v) is 2.54. The van der Waals surface area contributed by atoms with Crippen LogP contribution in [0.5, 0.6) is 0 Å². The number of hydrogen-bond donors (Lipinski definition) is 5. The molecule has 1 saturated heterocycles. The third-order valence-corrected chi connectivity index (χ3v) is 4.49. The number of carboxylic acid groups (broad SMARTS) is 1. The van der Waals surface area contributed by atoms with E-state index in [1.54, 1.807) is 7.05 Å². The molecule has 0 aromatic carbocycles. The summed E-state index contributed by atoms with van der Waals surface area (Å²) in [4.78, 5) is 43.5. The fraction of sp³-hybridized carbons (Fsp3) is 0.810. The molecule has 0 bridgehead atoms. The smallest absolute Gasteiger partial charge is 0.317 e. The number of carbonyl (C=O) groups is 4. The molecular weight excluding hydrogens is 404 g/mol. The molecule has 2 unspecified atom stereocenters. The topological polar surface area (TPSA) is 160 Å². The number of carbonyl (C=O) groups excluding carboxylic acids is 3. The summed E-state index contributed by atoms with van der Waals surface area (Å²) in [5, 5.41) is 17.3. The number of ether oxygens (including phenoxy) is 1. The van der Waals surface area contributed by atoms with Crippen LogP contribution in [0.25, 0.3) is 0 Å². The number of esters is 2. The van der Waals surface area contributed by atoms with Gasteiger partial charge >= 0.3 is 17.9 Å². The zero-order valence-corrected chi connectivity index (χ0v) is 19.8. The fourth-order valence-electron chi connectivity index (χ4n) is 2.54. The largest absolute Gasteiger partial charge is 0.481 e. The van der Waals surface area contributed by atoms with E-state index in [1.165, 1.54) is 0 Å². The second kappa shape index (κ2) is 18.7. The van der Waals surface area contributed by atoms with Crippen LogP contribution in [0, 0.1) is 23.7 Å². The molecule has 31 heavy (non-hydrogen) atoms. The van der Waals surface area contributed by atoms with Crippen LogP contribution in [-0.4, -0.2) is 68.7 Å². The number of aliphatic carboxylic acids is 1. The Morgan fingerprint density at radius 3 is 2.06 bits per heavy atom.